The van der Waals surface area contributed by atoms with Crippen LogP contribution in [0.25, 0.3) is 0 Å². The van der Waals surface area contributed by atoms with Crippen LogP contribution in [0.3, 0.4) is 0 Å². The Morgan fingerprint density at radius 1 is 0.381 bits per heavy atom. The molecule has 0 radical (unpaired) electrons. The monoisotopic (exact) mass is 1380 g/mol. The first-order chi connectivity index (χ1) is 40.0. The Morgan fingerprint density at radius 2 is 0.762 bits per heavy atom. The van der Waals surface area contributed by atoms with Gasteiger partial charge in [-0.05, 0) is 73.9 Å². The summed E-state index contributed by atoms with van der Waals surface area (Å²) >= 11 is 0. The van der Waals surface area contributed by atoms with Crippen LogP contribution in [0.5, 0.6) is 0 Å². The molecule has 84 heavy (non-hydrogen) atoms. The molecule has 0 aromatic carbocycles. The molecular formula is C27H59NO50P6. The van der Waals surface area contributed by atoms with Gasteiger partial charge in [-0.1, -0.05) is 18.7 Å². The number of aliphatic hydroxyl groups excluding tert-OH is 1. The van der Waals surface area contributed by atoms with Crippen molar-refractivity contribution in [3.05, 3.63) is 25.0 Å². The van der Waals surface area contributed by atoms with E-state index >= 15 is 0 Å². The fraction of sp³-hybridized carbons (Fsp3) is 0.852. The van der Waals surface area contributed by atoms with E-state index in [1.807, 2.05) is 0 Å². The molecule has 7 atom stereocenters. The number of phosphoric ester groups is 4. The third kappa shape index (κ3) is 60.7. The number of nitrogens with one attached hydrogen (secondary N) is 1. The summed E-state index contributed by atoms with van der Waals surface area (Å²) in [7, 11) is -27.7. The Balaban J connectivity index is 4.13. The summed E-state index contributed by atoms with van der Waals surface area (Å²) in [6, 6.07) is 0. The van der Waals surface area contributed by atoms with Crippen LogP contribution in [-0.4, -0.2) is 180 Å². The van der Waals surface area contributed by atoms with Gasteiger partial charge in [-0.3, -0.25) is 37.7 Å². The second kappa shape index (κ2) is 53.3. The first-order valence-corrected chi connectivity index (χ1v) is 31.1. The average molecular weight is 1380 g/mol. The Kier molecular flexibility index (Phi) is 52.3. The van der Waals surface area contributed by atoms with E-state index in [-0.39, 0.29) is 66.0 Å². The number of ether oxygens (including phenoxy) is 6. The average Bonchev–Trinajstić information content (AvgIpc) is 3.50. The largest absolute Gasteiger partial charge is 0.531 e. The minimum atomic E-state index is -5.46. The van der Waals surface area contributed by atoms with Crippen molar-refractivity contribution in [2.24, 2.45) is 0 Å². The van der Waals surface area contributed by atoms with Gasteiger partial charge in [0.2, 0.25) is 0 Å². The maximum atomic E-state index is 12.5. The van der Waals surface area contributed by atoms with Crippen LogP contribution in [-0.2, 0) is 206 Å². The van der Waals surface area contributed by atoms with E-state index in [2.05, 4.69) is 151 Å². The van der Waals surface area contributed by atoms with Gasteiger partial charge in [-0.15, -0.1) is 0 Å². The van der Waals surface area contributed by atoms with E-state index in [0.717, 1.165) is 6.66 Å². The molecule has 7 unspecified atom stereocenters. The van der Waals surface area contributed by atoms with Crippen molar-refractivity contribution >= 4 is 46.7 Å². The molecule has 0 saturated heterocycles. The normalized spacial score (nSPS) is 16.8. The standard InChI is InChI=1S/C27H59NO50P6/c1-28-26-47-5-3-27(58-81(34,35)55-24-19-51-62-64-61-50-18-23-54-80(32,33)53-22-17-49-60-63-59-48-16-21-52-79(2,30)31)25-57-83(38,39)76-72-68-66-70-74-78-84(40,41)77-73-69-65-67-71-75-82(36,37)56-20-15-46-14-13-45-12-11-44-10-9-43-8-7-42-6-4-29/h16,18,21,23,27-29H,3-15,17,19-20,22,24-26H2,1-2H3,(H,30,31)(H,32,33)(H,34,35)(H,36,37)(H,38,39)(H,40,41)/b21-16+,23-18-. The van der Waals surface area contributed by atoms with Gasteiger partial charge in [0.25, 0.3) is 0 Å². The second-order valence-corrected chi connectivity index (χ2v) is 21.2. The SMILES string of the molecule is CNCOCCC(COP(=O)(O)OOOOOOOP(=O)(O)OOOOOOOP(=O)(O)OCCOCCOCCOCCOCCOCCO)OP(=O)(O)OCCOOOOO/C=C\OP(=O)(O)OCCOOOOO/C=C/OP(C)(=O)O. The number of hydrogen-bond donors (Lipinski definition) is 8. The van der Waals surface area contributed by atoms with Gasteiger partial charge in [0.15, 0.2) is 12.5 Å². The molecule has 0 aromatic heterocycles. The molecule has 0 amide bonds. The molecule has 0 aromatic rings. The Hall–Kier alpha value is -1.58. The van der Waals surface area contributed by atoms with E-state index in [0.29, 0.717) is 51.5 Å². The Bertz CT molecular complexity index is 1900. The van der Waals surface area contributed by atoms with Crippen molar-refractivity contribution in [3.8, 4) is 0 Å². The van der Waals surface area contributed by atoms with Gasteiger partial charge in [0, 0.05) is 26.8 Å². The van der Waals surface area contributed by atoms with E-state index in [1.165, 1.54) is 7.05 Å². The molecule has 0 aliphatic carbocycles. The van der Waals surface area contributed by atoms with Gasteiger partial charge in [-0.25, -0.2) is 37.2 Å². The van der Waals surface area contributed by atoms with Crippen LogP contribution in [0.4, 0.5) is 0 Å². The summed E-state index contributed by atoms with van der Waals surface area (Å²) in [5.41, 5.74) is 0. The topological polar surface area (TPSA) is 598 Å². The van der Waals surface area contributed by atoms with Crippen LogP contribution in [0, 0.1) is 0 Å². The first kappa shape index (κ1) is 82.4. The first-order valence-electron chi connectivity index (χ1n) is 21.6. The van der Waals surface area contributed by atoms with Crippen LogP contribution in [0.15, 0.2) is 25.0 Å². The summed E-state index contributed by atoms with van der Waals surface area (Å²) in [6.45, 7) is -1.26. The predicted octanol–water partition coefficient (Wildman–Crippen LogP) is 0.0881. The number of phosphoric acid groups is 5. The molecule has 0 saturated carbocycles. The van der Waals surface area contributed by atoms with Gasteiger partial charge in [-0.2, -0.15) is 0 Å². The highest BCUT2D eigenvalue weighted by molar-refractivity contribution is 7.52. The summed E-state index contributed by atoms with van der Waals surface area (Å²) in [4.78, 5) is 74.0. The van der Waals surface area contributed by atoms with Crippen molar-refractivity contribution in [2.75, 3.05) is 139 Å². The van der Waals surface area contributed by atoms with Crippen LogP contribution >= 0.6 is 46.7 Å². The molecule has 0 aliphatic rings. The fourth-order valence-electron chi connectivity index (χ4n) is 3.43. The minimum Gasteiger partial charge on any atom is -0.429 e. The van der Waals surface area contributed by atoms with E-state index in [4.69, 9.17) is 42.9 Å². The zero-order valence-electron chi connectivity index (χ0n) is 42.9. The second-order valence-electron chi connectivity index (χ2n) is 12.6. The lowest BCUT2D eigenvalue weighted by atomic mass is 10.3. The van der Waals surface area contributed by atoms with E-state index < -0.39 is 92.5 Å². The summed E-state index contributed by atoms with van der Waals surface area (Å²) in [6.07, 6.45) is 0.373. The maximum Gasteiger partial charge on any atom is 0.531 e. The molecule has 8 N–H and O–H groups in total. The minimum absolute atomic E-state index is 0.0131. The highest BCUT2D eigenvalue weighted by Crippen LogP contribution is 2.48. The summed E-state index contributed by atoms with van der Waals surface area (Å²) < 4.78 is 148. The lowest BCUT2D eigenvalue weighted by molar-refractivity contribution is -0.782. The molecule has 0 fully saturated rings. The highest BCUT2D eigenvalue weighted by Gasteiger charge is 2.32. The third-order valence-electron chi connectivity index (χ3n) is 6.26. The lowest BCUT2D eigenvalue weighted by Gasteiger charge is -2.21. The smallest absolute Gasteiger partial charge is 0.429 e. The Labute approximate surface area is 469 Å². The molecular weight excluding hydrogens is 1320 g/mol. The van der Waals surface area contributed by atoms with Crippen molar-refractivity contribution in [1.82, 2.24) is 5.32 Å². The zero-order valence-corrected chi connectivity index (χ0v) is 48.3. The van der Waals surface area contributed by atoms with Crippen molar-refractivity contribution in [2.45, 2.75) is 12.5 Å². The molecule has 0 spiro atoms. The molecule has 0 heterocycles. The molecule has 57 heteroatoms. The molecule has 502 valence electrons. The third-order valence-corrected chi connectivity index (χ3v) is 10.7. The quantitative estimate of drug-likeness (QED) is 0.00999. The summed E-state index contributed by atoms with van der Waals surface area (Å²) in [5, 5.41) is 70.8. The molecule has 0 rings (SSSR count). The lowest BCUT2D eigenvalue weighted by Crippen LogP contribution is -2.23. The molecule has 51 nitrogen and oxygen atoms in total. The highest BCUT2D eigenvalue weighted by atomic mass is 31.2. The van der Waals surface area contributed by atoms with Crippen LogP contribution in [0.2, 0.25) is 0 Å². The van der Waals surface area contributed by atoms with Gasteiger partial charge >= 0.3 is 46.7 Å². The van der Waals surface area contributed by atoms with Gasteiger partial charge < -0.3 is 71.9 Å². The van der Waals surface area contributed by atoms with Crippen LogP contribution in [0.1, 0.15) is 6.42 Å². The molecule has 0 aliphatic heterocycles. The van der Waals surface area contributed by atoms with Gasteiger partial charge in [0.05, 0.1) is 119 Å². The number of hydrogen-bond acceptors (Lipinski definition) is 45. The van der Waals surface area contributed by atoms with Crippen LogP contribution < -0.4 is 5.32 Å². The van der Waals surface area contributed by atoms with Crippen molar-refractivity contribution in [3.63, 3.8) is 0 Å². The van der Waals surface area contributed by atoms with Gasteiger partial charge in [0.1, 0.15) is 25.7 Å². The Morgan fingerprint density at radius 3 is 1.23 bits per heavy atom. The van der Waals surface area contributed by atoms with Crippen molar-refractivity contribution < 1.29 is 241 Å². The van der Waals surface area contributed by atoms with E-state index in [1.54, 1.807) is 0 Å². The number of rotatable bonds is 66. The van der Waals surface area contributed by atoms with E-state index in [9.17, 15) is 51.9 Å². The predicted molar refractivity (Wildman–Crippen MR) is 235 cm³/mol. The maximum absolute atomic E-state index is 12.5. The van der Waals surface area contributed by atoms with Crippen molar-refractivity contribution in [1.29, 1.82) is 0 Å². The zero-order chi connectivity index (χ0) is 62.4. The fourth-order valence-corrected chi connectivity index (χ4v) is 6.36. The molecule has 0 bridgehead atoms. The number of aliphatic hydroxyl groups is 1. The summed E-state index contributed by atoms with van der Waals surface area (Å²) in [5.74, 6) is 0.